The van der Waals surface area contributed by atoms with Gasteiger partial charge in [-0.15, -0.1) is 0 Å². The summed E-state index contributed by atoms with van der Waals surface area (Å²) in [7, 11) is 0. The van der Waals surface area contributed by atoms with Crippen LogP contribution in [-0.4, -0.2) is 23.2 Å². The van der Waals surface area contributed by atoms with E-state index >= 15 is 0 Å². The number of hydrogen-bond donors (Lipinski definition) is 1. The van der Waals surface area contributed by atoms with Gasteiger partial charge in [0.25, 0.3) is 0 Å². The molecule has 20 heavy (non-hydrogen) atoms. The van der Waals surface area contributed by atoms with Crippen molar-refractivity contribution < 1.29 is 9.90 Å². The van der Waals surface area contributed by atoms with Gasteiger partial charge in [-0.05, 0) is 47.3 Å². The number of carbonyl (C=O) groups is 1. The highest BCUT2D eigenvalue weighted by molar-refractivity contribution is 9.10. The van der Waals surface area contributed by atoms with E-state index in [9.17, 15) is 15.2 Å². The molecule has 0 aromatic heterocycles. The van der Waals surface area contributed by atoms with Gasteiger partial charge in [0.1, 0.15) is 11.6 Å². The Kier molecular flexibility index (Phi) is 4.34. The summed E-state index contributed by atoms with van der Waals surface area (Å²) in [5.41, 5.74) is 0.354. The van der Waals surface area contributed by atoms with Crippen molar-refractivity contribution in [1.82, 2.24) is 0 Å². The molecular formula is C15H17BrN2O2. The molecule has 1 fully saturated rings. The number of carboxylic acids is 1. The molecule has 0 aliphatic carbocycles. The molecule has 4 nitrogen and oxygen atoms in total. The predicted octanol–water partition coefficient (Wildman–Crippen LogP) is 3.54. The maximum atomic E-state index is 11.8. The van der Waals surface area contributed by atoms with Gasteiger partial charge in [-0.2, -0.15) is 5.26 Å². The smallest absolute Gasteiger partial charge is 0.329 e. The van der Waals surface area contributed by atoms with Crippen LogP contribution in [-0.2, 0) is 4.79 Å². The Bertz CT molecular complexity index is 567. The molecule has 0 saturated carbocycles. The van der Waals surface area contributed by atoms with E-state index in [2.05, 4.69) is 22.0 Å². The highest BCUT2D eigenvalue weighted by Crippen LogP contribution is 2.40. The minimum atomic E-state index is -0.874. The topological polar surface area (TPSA) is 64.3 Å². The monoisotopic (exact) mass is 336 g/mol. The Morgan fingerprint density at radius 2 is 2.35 bits per heavy atom. The van der Waals surface area contributed by atoms with Gasteiger partial charge < -0.3 is 10.0 Å². The summed E-state index contributed by atoms with van der Waals surface area (Å²) in [6.45, 7) is 2.67. The van der Waals surface area contributed by atoms with Crippen molar-refractivity contribution in [2.75, 3.05) is 11.4 Å². The third-order valence-corrected chi connectivity index (χ3v) is 4.61. The lowest BCUT2D eigenvalue weighted by Crippen LogP contribution is -2.51. The van der Waals surface area contributed by atoms with Gasteiger partial charge in [0, 0.05) is 11.0 Å². The SMILES string of the molecule is CCCC1(C(=O)O)CCCN1c1cccc(Br)c1C#N. The zero-order valence-electron chi connectivity index (χ0n) is 11.4. The lowest BCUT2D eigenvalue weighted by molar-refractivity contribution is -0.143. The summed E-state index contributed by atoms with van der Waals surface area (Å²) >= 11 is 3.37. The Morgan fingerprint density at radius 3 is 2.95 bits per heavy atom. The van der Waals surface area contributed by atoms with E-state index in [0.717, 1.165) is 18.5 Å². The summed E-state index contributed by atoms with van der Waals surface area (Å²) in [6, 6.07) is 7.66. The first-order valence-electron chi connectivity index (χ1n) is 6.76. The Hall–Kier alpha value is -1.54. The molecule has 1 N–H and O–H groups in total. The molecule has 1 aliphatic heterocycles. The molecule has 0 amide bonds. The second-order valence-electron chi connectivity index (χ2n) is 5.09. The first-order valence-corrected chi connectivity index (χ1v) is 7.55. The maximum Gasteiger partial charge on any atom is 0.329 e. The van der Waals surface area contributed by atoms with Gasteiger partial charge >= 0.3 is 5.97 Å². The van der Waals surface area contributed by atoms with Crippen molar-refractivity contribution in [3.8, 4) is 6.07 Å². The number of halogens is 1. The molecule has 1 aromatic rings. The number of nitrogens with zero attached hydrogens (tertiary/aromatic N) is 2. The van der Waals surface area contributed by atoms with Crippen LogP contribution >= 0.6 is 15.9 Å². The lowest BCUT2D eigenvalue weighted by atomic mass is 9.90. The van der Waals surface area contributed by atoms with Gasteiger partial charge in [0.15, 0.2) is 0 Å². The van der Waals surface area contributed by atoms with Gasteiger partial charge in [-0.1, -0.05) is 19.4 Å². The first-order chi connectivity index (χ1) is 9.56. The maximum absolute atomic E-state index is 11.8. The van der Waals surface area contributed by atoms with Crippen molar-refractivity contribution in [3.05, 3.63) is 28.2 Å². The highest BCUT2D eigenvalue weighted by Gasteiger charge is 2.47. The van der Waals surface area contributed by atoms with Crippen LogP contribution in [0.15, 0.2) is 22.7 Å². The number of aliphatic carboxylic acids is 1. The van der Waals surface area contributed by atoms with E-state index in [1.807, 2.05) is 24.0 Å². The average molecular weight is 337 g/mol. The van der Waals surface area contributed by atoms with Crippen LogP contribution in [0.2, 0.25) is 0 Å². The molecule has 0 radical (unpaired) electrons. The summed E-state index contributed by atoms with van der Waals surface area (Å²) in [4.78, 5) is 13.8. The average Bonchev–Trinajstić information content (AvgIpc) is 2.83. The minimum absolute atomic E-state index is 0.510. The molecule has 1 saturated heterocycles. The van der Waals surface area contributed by atoms with Crippen molar-refractivity contribution in [1.29, 1.82) is 5.26 Å². The van der Waals surface area contributed by atoms with E-state index in [1.54, 1.807) is 6.07 Å². The third kappa shape index (κ3) is 2.29. The van der Waals surface area contributed by atoms with Crippen LogP contribution in [0.3, 0.4) is 0 Å². The third-order valence-electron chi connectivity index (χ3n) is 3.94. The minimum Gasteiger partial charge on any atom is -0.479 e. The van der Waals surface area contributed by atoms with Crippen LogP contribution in [0.5, 0.6) is 0 Å². The van der Waals surface area contributed by atoms with E-state index in [0.29, 0.717) is 29.4 Å². The molecule has 1 aromatic carbocycles. The fourth-order valence-electron chi connectivity index (χ4n) is 3.08. The fraction of sp³-hybridized carbons (Fsp3) is 0.467. The Labute approximate surface area is 127 Å². The summed E-state index contributed by atoms with van der Waals surface area (Å²) in [5.74, 6) is -0.791. The quantitative estimate of drug-likeness (QED) is 0.913. The molecular weight excluding hydrogens is 320 g/mol. The van der Waals surface area contributed by atoms with Crippen molar-refractivity contribution in [3.63, 3.8) is 0 Å². The molecule has 106 valence electrons. The molecule has 5 heteroatoms. The standard InChI is InChI=1S/C15H17BrN2O2/c1-2-7-15(14(19)20)8-4-9-18(15)13-6-3-5-12(16)11(13)10-17/h3,5-6H,2,4,7-9H2,1H3,(H,19,20). The highest BCUT2D eigenvalue weighted by atomic mass is 79.9. The van der Waals surface area contributed by atoms with Crippen molar-refractivity contribution in [2.24, 2.45) is 0 Å². The van der Waals surface area contributed by atoms with Gasteiger partial charge in [0.2, 0.25) is 0 Å². The zero-order valence-corrected chi connectivity index (χ0v) is 13.0. The molecule has 1 aliphatic rings. The Balaban J connectivity index is 2.54. The number of benzene rings is 1. The second-order valence-corrected chi connectivity index (χ2v) is 5.94. The second kappa shape index (κ2) is 5.84. The number of hydrogen-bond acceptors (Lipinski definition) is 3. The summed E-state index contributed by atoms with van der Waals surface area (Å²) in [5, 5.41) is 19.1. The van der Waals surface area contributed by atoms with Crippen molar-refractivity contribution in [2.45, 2.75) is 38.1 Å². The van der Waals surface area contributed by atoms with Crippen LogP contribution in [0.4, 0.5) is 5.69 Å². The van der Waals surface area contributed by atoms with Crippen molar-refractivity contribution >= 4 is 27.6 Å². The zero-order chi connectivity index (χ0) is 14.8. The molecule has 1 atom stereocenters. The normalized spacial score (nSPS) is 21.8. The van der Waals surface area contributed by atoms with E-state index in [1.165, 1.54) is 0 Å². The molecule has 1 unspecified atom stereocenters. The van der Waals surface area contributed by atoms with Gasteiger partial charge in [0.05, 0.1) is 11.3 Å². The number of rotatable bonds is 4. The van der Waals surface area contributed by atoms with Crippen LogP contribution in [0.1, 0.15) is 38.2 Å². The van der Waals surface area contributed by atoms with Crippen LogP contribution in [0.25, 0.3) is 0 Å². The van der Waals surface area contributed by atoms with E-state index < -0.39 is 11.5 Å². The molecule has 2 rings (SSSR count). The summed E-state index contributed by atoms with van der Waals surface area (Å²) in [6.07, 6.45) is 2.87. The van der Waals surface area contributed by atoms with Crippen LogP contribution < -0.4 is 4.90 Å². The van der Waals surface area contributed by atoms with Crippen LogP contribution in [0, 0.1) is 11.3 Å². The van der Waals surface area contributed by atoms with Gasteiger partial charge in [-0.25, -0.2) is 4.79 Å². The van der Waals surface area contributed by atoms with E-state index in [4.69, 9.17) is 0 Å². The molecule has 1 heterocycles. The number of carboxylic acid groups (broad SMARTS) is 1. The number of anilines is 1. The number of nitriles is 1. The van der Waals surface area contributed by atoms with Gasteiger partial charge in [-0.3, -0.25) is 0 Å². The molecule has 0 bridgehead atoms. The van der Waals surface area contributed by atoms with E-state index in [-0.39, 0.29) is 0 Å². The fourth-order valence-corrected chi connectivity index (χ4v) is 3.53. The summed E-state index contributed by atoms with van der Waals surface area (Å²) < 4.78 is 0.709. The lowest BCUT2D eigenvalue weighted by Gasteiger charge is -2.37. The first kappa shape index (κ1) is 14.9. The largest absolute Gasteiger partial charge is 0.479 e. The predicted molar refractivity (Wildman–Crippen MR) is 80.7 cm³/mol. The Morgan fingerprint density at radius 1 is 1.60 bits per heavy atom. The molecule has 0 spiro atoms.